The van der Waals surface area contributed by atoms with Crippen molar-refractivity contribution in [2.75, 3.05) is 13.1 Å². The maximum Gasteiger partial charge on any atom is 0.119 e. The van der Waals surface area contributed by atoms with Gasteiger partial charge in [0.2, 0.25) is 0 Å². The molecule has 0 amide bonds. The van der Waals surface area contributed by atoms with E-state index in [-0.39, 0.29) is 0 Å². The van der Waals surface area contributed by atoms with E-state index in [1.807, 2.05) is 36.4 Å². The summed E-state index contributed by atoms with van der Waals surface area (Å²) in [5, 5.41) is 12.1. The Hall–Kier alpha value is -2.57. The van der Waals surface area contributed by atoms with E-state index < -0.39 is 0 Å². The van der Waals surface area contributed by atoms with Gasteiger partial charge < -0.3 is 10.1 Å². The SMILES string of the molecule is N#Cc1ccc(COc2ccc(C3=CCNCC3)cc2)cc1. The Kier molecular flexibility index (Phi) is 4.53. The highest BCUT2D eigenvalue weighted by atomic mass is 16.5. The largest absolute Gasteiger partial charge is 0.489 e. The molecule has 0 radical (unpaired) electrons. The van der Waals surface area contributed by atoms with Crippen molar-refractivity contribution in [3.05, 3.63) is 71.3 Å². The Bertz CT molecular complexity index is 694. The lowest BCUT2D eigenvalue weighted by Gasteiger charge is -2.14. The summed E-state index contributed by atoms with van der Waals surface area (Å²) < 4.78 is 5.79. The van der Waals surface area contributed by atoms with Crippen LogP contribution < -0.4 is 10.1 Å². The Morgan fingerprint density at radius 1 is 1.05 bits per heavy atom. The van der Waals surface area contributed by atoms with E-state index in [2.05, 4.69) is 29.6 Å². The van der Waals surface area contributed by atoms with Gasteiger partial charge in [-0.05, 0) is 53.9 Å². The normalized spacial score (nSPS) is 14.0. The third kappa shape index (κ3) is 3.55. The van der Waals surface area contributed by atoms with Gasteiger partial charge in [0, 0.05) is 6.54 Å². The molecule has 0 aliphatic carbocycles. The van der Waals surface area contributed by atoms with Gasteiger partial charge in [-0.15, -0.1) is 0 Å². The monoisotopic (exact) mass is 290 g/mol. The number of ether oxygens (including phenoxy) is 1. The molecule has 3 rings (SSSR count). The minimum absolute atomic E-state index is 0.512. The minimum Gasteiger partial charge on any atom is -0.489 e. The fraction of sp³-hybridized carbons (Fsp3) is 0.211. The van der Waals surface area contributed by atoms with E-state index in [9.17, 15) is 0 Å². The highest BCUT2D eigenvalue weighted by Crippen LogP contribution is 2.22. The lowest BCUT2D eigenvalue weighted by atomic mass is 10.0. The smallest absolute Gasteiger partial charge is 0.119 e. The second-order valence-electron chi connectivity index (χ2n) is 5.31. The van der Waals surface area contributed by atoms with Gasteiger partial charge in [0.1, 0.15) is 12.4 Å². The summed E-state index contributed by atoms with van der Waals surface area (Å²) in [5.74, 6) is 0.864. The van der Waals surface area contributed by atoms with Crippen LogP contribution in [0.2, 0.25) is 0 Å². The quantitative estimate of drug-likeness (QED) is 0.937. The highest BCUT2D eigenvalue weighted by molar-refractivity contribution is 5.67. The van der Waals surface area contributed by atoms with Crippen LogP contribution in [-0.4, -0.2) is 13.1 Å². The summed E-state index contributed by atoms with van der Waals surface area (Å²) in [6, 6.07) is 17.8. The van der Waals surface area contributed by atoms with Crippen molar-refractivity contribution in [3.8, 4) is 11.8 Å². The average Bonchev–Trinajstić information content (AvgIpc) is 2.61. The standard InChI is InChI=1S/C19H18N2O/c20-13-15-1-3-16(4-2-15)14-22-19-7-5-17(6-8-19)18-9-11-21-12-10-18/h1-9,21H,10-12,14H2. The first-order valence-corrected chi connectivity index (χ1v) is 7.47. The van der Waals surface area contributed by atoms with Crippen molar-refractivity contribution in [3.63, 3.8) is 0 Å². The molecule has 0 spiro atoms. The van der Waals surface area contributed by atoms with Crippen LogP contribution in [0.4, 0.5) is 0 Å². The summed E-state index contributed by atoms with van der Waals surface area (Å²) >= 11 is 0. The van der Waals surface area contributed by atoms with Gasteiger partial charge in [-0.2, -0.15) is 5.26 Å². The average molecular weight is 290 g/mol. The first-order valence-electron chi connectivity index (χ1n) is 7.47. The zero-order chi connectivity index (χ0) is 15.2. The molecule has 3 heteroatoms. The van der Waals surface area contributed by atoms with Crippen molar-refractivity contribution in [1.82, 2.24) is 5.32 Å². The van der Waals surface area contributed by atoms with E-state index in [0.717, 1.165) is 30.8 Å². The molecule has 0 bridgehead atoms. The molecule has 0 unspecified atom stereocenters. The van der Waals surface area contributed by atoms with Crippen LogP contribution in [0.25, 0.3) is 5.57 Å². The van der Waals surface area contributed by atoms with E-state index >= 15 is 0 Å². The van der Waals surface area contributed by atoms with Crippen LogP contribution in [0.1, 0.15) is 23.1 Å². The predicted molar refractivity (Wildman–Crippen MR) is 87.4 cm³/mol. The van der Waals surface area contributed by atoms with Crippen molar-refractivity contribution in [1.29, 1.82) is 5.26 Å². The van der Waals surface area contributed by atoms with Crippen LogP contribution in [0.5, 0.6) is 5.75 Å². The molecule has 0 atom stereocenters. The van der Waals surface area contributed by atoms with Gasteiger partial charge in [-0.1, -0.05) is 30.3 Å². The molecular weight excluding hydrogens is 272 g/mol. The molecule has 110 valence electrons. The van der Waals surface area contributed by atoms with E-state index in [0.29, 0.717) is 12.2 Å². The van der Waals surface area contributed by atoms with Gasteiger partial charge in [0.15, 0.2) is 0 Å². The van der Waals surface area contributed by atoms with E-state index in [1.54, 1.807) is 0 Å². The molecule has 0 aromatic heterocycles. The molecule has 22 heavy (non-hydrogen) atoms. The Morgan fingerprint density at radius 3 is 2.45 bits per heavy atom. The number of nitrogens with one attached hydrogen (secondary N) is 1. The number of hydrogen-bond acceptors (Lipinski definition) is 3. The van der Waals surface area contributed by atoms with Gasteiger partial charge in [0.05, 0.1) is 11.6 Å². The number of benzene rings is 2. The van der Waals surface area contributed by atoms with Crippen LogP contribution in [0.15, 0.2) is 54.6 Å². The zero-order valence-electron chi connectivity index (χ0n) is 12.4. The van der Waals surface area contributed by atoms with Gasteiger partial charge >= 0.3 is 0 Å². The lowest BCUT2D eigenvalue weighted by Crippen LogP contribution is -2.19. The molecule has 1 N–H and O–H groups in total. The van der Waals surface area contributed by atoms with Crippen molar-refractivity contribution >= 4 is 5.57 Å². The number of rotatable bonds is 4. The topological polar surface area (TPSA) is 45.0 Å². The highest BCUT2D eigenvalue weighted by Gasteiger charge is 2.05. The fourth-order valence-corrected chi connectivity index (χ4v) is 2.49. The number of nitrogens with zero attached hydrogens (tertiary/aromatic N) is 1. The van der Waals surface area contributed by atoms with Gasteiger partial charge in [0.25, 0.3) is 0 Å². The van der Waals surface area contributed by atoms with Crippen LogP contribution in [-0.2, 0) is 6.61 Å². The third-order valence-electron chi connectivity index (χ3n) is 3.78. The third-order valence-corrected chi connectivity index (χ3v) is 3.78. The summed E-state index contributed by atoms with van der Waals surface area (Å²) in [6.07, 6.45) is 3.32. The molecule has 2 aromatic rings. The first kappa shape index (κ1) is 14.4. The molecule has 1 aliphatic rings. The van der Waals surface area contributed by atoms with Crippen LogP contribution in [0.3, 0.4) is 0 Å². The molecule has 3 nitrogen and oxygen atoms in total. The summed E-state index contributed by atoms with van der Waals surface area (Å²) in [6.45, 7) is 2.51. The fourth-order valence-electron chi connectivity index (χ4n) is 2.49. The van der Waals surface area contributed by atoms with E-state index in [1.165, 1.54) is 11.1 Å². The van der Waals surface area contributed by atoms with Crippen molar-refractivity contribution in [2.45, 2.75) is 13.0 Å². The summed E-state index contributed by atoms with van der Waals surface area (Å²) in [5.41, 5.74) is 4.40. The molecule has 0 saturated carbocycles. The van der Waals surface area contributed by atoms with Crippen LogP contribution in [0, 0.1) is 11.3 Å². The zero-order valence-corrected chi connectivity index (χ0v) is 12.4. The second kappa shape index (κ2) is 6.93. The maximum atomic E-state index is 8.78. The molecule has 1 heterocycles. The Morgan fingerprint density at radius 2 is 1.82 bits per heavy atom. The number of hydrogen-bond donors (Lipinski definition) is 1. The van der Waals surface area contributed by atoms with Crippen molar-refractivity contribution in [2.24, 2.45) is 0 Å². The van der Waals surface area contributed by atoms with Gasteiger partial charge in [-0.3, -0.25) is 0 Å². The first-order chi connectivity index (χ1) is 10.8. The Balaban J connectivity index is 1.61. The van der Waals surface area contributed by atoms with Crippen LogP contribution >= 0.6 is 0 Å². The molecular formula is C19H18N2O. The molecule has 0 fully saturated rings. The summed E-state index contributed by atoms with van der Waals surface area (Å²) in [7, 11) is 0. The molecule has 2 aromatic carbocycles. The minimum atomic E-state index is 0.512. The molecule has 0 saturated heterocycles. The predicted octanol–water partition coefficient (Wildman–Crippen LogP) is 3.51. The Labute approximate surface area is 130 Å². The summed E-state index contributed by atoms with van der Waals surface area (Å²) in [4.78, 5) is 0. The maximum absolute atomic E-state index is 8.78. The number of nitriles is 1. The van der Waals surface area contributed by atoms with Gasteiger partial charge in [-0.25, -0.2) is 0 Å². The second-order valence-corrected chi connectivity index (χ2v) is 5.31. The lowest BCUT2D eigenvalue weighted by molar-refractivity contribution is 0.306. The van der Waals surface area contributed by atoms with Crippen molar-refractivity contribution < 1.29 is 4.74 Å². The molecule has 1 aliphatic heterocycles. The van der Waals surface area contributed by atoms with E-state index in [4.69, 9.17) is 10.00 Å².